The standard InChI is InChI=1S/C19H17ClN2O/c20-15-7-5-14(6-8-15)19-13-22(11-12-23-19)18-9-10-21-17-4-2-1-3-16(17)18/h1-10,19H,11-13H2/t19-/m0/s1. The minimum Gasteiger partial charge on any atom is -0.370 e. The summed E-state index contributed by atoms with van der Waals surface area (Å²) in [4.78, 5) is 6.83. The molecule has 0 bridgehead atoms. The SMILES string of the molecule is Clc1ccc([C@@H]2CN(c3ccnc4ccccc34)CCO2)cc1. The van der Waals surface area contributed by atoms with Gasteiger partial charge in [-0.25, -0.2) is 0 Å². The van der Waals surface area contributed by atoms with Gasteiger partial charge in [-0.15, -0.1) is 0 Å². The quantitative estimate of drug-likeness (QED) is 0.695. The lowest BCUT2D eigenvalue weighted by Crippen LogP contribution is -2.38. The Morgan fingerprint density at radius 2 is 1.87 bits per heavy atom. The molecule has 1 aromatic heterocycles. The Bertz CT molecular complexity index is 814. The van der Waals surface area contributed by atoms with Crippen LogP contribution in [0, 0.1) is 0 Å². The predicted octanol–water partition coefficient (Wildman–Crippen LogP) is 4.47. The topological polar surface area (TPSA) is 25.4 Å². The molecule has 3 aromatic rings. The van der Waals surface area contributed by atoms with E-state index in [4.69, 9.17) is 16.3 Å². The number of para-hydroxylation sites is 1. The molecular weight excluding hydrogens is 308 g/mol. The van der Waals surface area contributed by atoms with Crippen LogP contribution in [0.1, 0.15) is 11.7 Å². The maximum Gasteiger partial charge on any atom is 0.100 e. The van der Waals surface area contributed by atoms with Crippen LogP contribution in [0.5, 0.6) is 0 Å². The van der Waals surface area contributed by atoms with Crippen molar-refractivity contribution < 1.29 is 4.74 Å². The van der Waals surface area contributed by atoms with Crippen LogP contribution in [0.3, 0.4) is 0 Å². The van der Waals surface area contributed by atoms with Gasteiger partial charge in [0.15, 0.2) is 0 Å². The van der Waals surface area contributed by atoms with Gasteiger partial charge in [0.2, 0.25) is 0 Å². The van der Waals surface area contributed by atoms with Crippen LogP contribution in [0.2, 0.25) is 5.02 Å². The van der Waals surface area contributed by atoms with Gasteiger partial charge in [-0.05, 0) is 29.8 Å². The number of pyridine rings is 1. The molecular formula is C19H17ClN2O. The average Bonchev–Trinajstić information content (AvgIpc) is 2.62. The van der Waals surface area contributed by atoms with Crippen molar-refractivity contribution >= 4 is 28.2 Å². The molecule has 0 spiro atoms. The highest BCUT2D eigenvalue weighted by Gasteiger charge is 2.23. The van der Waals surface area contributed by atoms with E-state index in [9.17, 15) is 0 Å². The number of ether oxygens (including phenoxy) is 1. The van der Waals surface area contributed by atoms with Gasteiger partial charge in [-0.3, -0.25) is 4.98 Å². The van der Waals surface area contributed by atoms with Gasteiger partial charge in [-0.1, -0.05) is 41.9 Å². The molecule has 116 valence electrons. The number of anilines is 1. The van der Waals surface area contributed by atoms with Gasteiger partial charge in [-0.2, -0.15) is 0 Å². The number of hydrogen-bond donors (Lipinski definition) is 0. The van der Waals surface area contributed by atoms with E-state index in [0.717, 1.165) is 29.2 Å². The van der Waals surface area contributed by atoms with Gasteiger partial charge in [0.25, 0.3) is 0 Å². The lowest BCUT2D eigenvalue weighted by molar-refractivity contribution is 0.0399. The van der Waals surface area contributed by atoms with E-state index in [2.05, 4.69) is 34.1 Å². The Balaban J connectivity index is 1.65. The second kappa shape index (κ2) is 6.19. The average molecular weight is 325 g/mol. The highest BCUT2D eigenvalue weighted by molar-refractivity contribution is 6.30. The van der Waals surface area contributed by atoms with Crippen LogP contribution in [-0.2, 0) is 4.74 Å². The van der Waals surface area contributed by atoms with Gasteiger partial charge in [0.1, 0.15) is 6.10 Å². The van der Waals surface area contributed by atoms with E-state index in [1.165, 1.54) is 11.1 Å². The number of morpholine rings is 1. The summed E-state index contributed by atoms with van der Waals surface area (Å²) >= 11 is 5.98. The van der Waals surface area contributed by atoms with Gasteiger partial charge in [0.05, 0.1) is 12.1 Å². The number of halogens is 1. The summed E-state index contributed by atoms with van der Waals surface area (Å²) in [7, 11) is 0. The maximum atomic E-state index is 5.98. The summed E-state index contributed by atoms with van der Waals surface area (Å²) in [6.07, 6.45) is 1.94. The third-order valence-corrected chi connectivity index (χ3v) is 4.53. The van der Waals surface area contributed by atoms with Crippen LogP contribution in [-0.4, -0.2) is 24.7 Å². The second-order valence-electron chi connectivity index (χ2n) is 5.70. The van der Waals surface area contributed by atoms with Crippen molar-refractivity contribution in [1.82, 2.24) is 4.98 Å². The summed E-state index contributed by atoms with van der Waals surface area (Å²) in [5.41, 5.74) is 3.41. The van der Waals surface area contributed by atoms with Crippen LogP contribution in [0.25, 0.3) is 10.9 Å². The molecule has 1 saturated heterocycles. The summed E-state index contributed by atoms with van der Waals surface area (Å²) in [6, 6.07) is 18.3. The lowest BCUT2D eigenvalue weighted by atomic mass is 10.1. The molecule has 1 aliphatic rings. The number of fused-ring (bicyclic) bond motifs is 1. The molecule has 4 heteroatoms. The Labute approximate surface area is 140 Å². The molecule has 0 amide bonds. The first-order chi connectivity index (χ1) is 11.3. The molecule has 4 rings (SSSR count). The van der Waals surface area contributed by atoms with Crippen molar-refractivity contribution in [2.24, 2.45) is 0 Å². The Hall–Kier alpha value is -2.10. The third-order valence-electron chi connectivity index (χ3n) is 4.27. The highest BCUT2D eigenvalue weighted by atomic mass is 35.5. The number of nitrogens with zero attached hydrogens (tertiary/aromatic N) is 2. The molecule has 0 N–H and O–H groups in total. The first-order valence-corrected chi connectivity index (χ1v) is 8.15. The van der Waals surface area contributed by atoms with Crippen LogP contribution in [0.4, 0.5) is 5.69 Å². The molecule has 0 radical (unpaired) electrons. The molecule has 23 heavy (non-hydrogen) atoms. The fourth-order valence-corrected chi connectivity index (χ4v) is 3.23. The fraction of sp³-hybridized carbons (Fsp3) is 0.211. The molecule has 1 fully saturated rings. The predicted molar refractivity (Wildman–Crippen MR) is 94.1 cm³/mol. The number of benzene rings is 2. The molecule has 2 aromatic carbocycles. The molecule has 1 atom stereocenters. The largest absolute Gasteiger partial charge is 0.370 e. The fourth-order valence-electron chi connectivity index (χ4n) is 3.10. The van der Waals surface area contributed by atoms with E-state index in [-0.39, 0.29) is 6.10 Å². The van der Waals surface area contributed by atoms with Crippen molar-refractivity contribution in [3.63, 3.8) is 0 Å². The Morgan fingerprint density at radius 1 is 1.04 bits per heavy atom. The molecule has 0 unspecified atom stereocenters. The second-order valence-corrected chi connectivity index (χ2v) is 6.14. The highest BCUT2D eigenvalue weighted by Crippen LogP contribution is 2.30. The Kier molecular flexibility index (Phi) is 3.90. The summed E-state index contributed by atoms with van der Waals surface area (Å²) < 4.78 is 5.97. The lowest BCUT2D eigenvalue weighted by Gasteiger charge is -2.35. The molecule has 0 saturated carbocycles. The molecule has 2 heterocycles. The van der Waals surface area contributed by atoms with Gasteiger partial charge >= 0.3 is 0 Å². The summed E-state index contributed by atoms with van der Waals surface area (Å²) in [5.74, 6) is 0. The molecule has 0 aliphatic carbocycles. The molecule has 3 nitrogen and oxygen atoms in total. The van der Waals surface area contributed by atoms with Crippen molar-refractivity contribution in [2.45, 2.75) is 6.10 Å². The number of hydrogen-bond acceptors (Lipinski definition) is 3. The number of aromatic nitrogens is 1. The Morgan fingerprint density at radius 3 is 2.74 bits per heavy atom. The minimum atomic E-state index is 0.0629. The van der Waals surface area contributed by atoms with Crippen molar-refractivity contribution in [3.05, 3.63) is 71.4 Å². The van der Waals surface area contributed by atoms with E-state index in [1.54, 1.807) is 0 Å². The zero-order chi connectivity index (χ0) is 15.6. The zero-order valence-corrected chi connectivity index (χ0v) is 13.4. The van der Waals surface area contributed by atoms with E-state index in [1.807, 2.05) is 36.5 Å². The first kappa shape index (κ1) is 14.5. The number of rotatable bonds is 2. The molecule has 1 aliphatic heterocycles. The van der Waals surface area contributed by atoms with Crippen molar-refractivity contribution in [1.29, 1.82) is 0 Å². The third kappa shape index (κ3) is 2.90. The zero-order valence-electron chi connectivity index (χ0n) is 12.7. The van der Waals surface area contributed by atoms with Crippen LogP contribution < -0.4 is 4.90 Å². The normalized spacial score (nSPS) is 18.3. The van der Waals surface area contributed by atoms with Crippen LogP contribution >= 0.6 is 11.6 Å². The van der Waals surface area contributed by atoms with E-state index >= 15 is 0 Å². The monoisotopic (exact) mass is 324 g/mol. The summed E-state index contributed by atoms with van der Waals surface area (Å²) in [6.45, 7) is 2.43. The van der Waals surface area contributed by atoms with Crippen molar-refractivity contribution in [2.75, 3.05) is 24.6 Å². The first-order valence-electron chi connectivity index (χ1n) is 7.77. The minimum absolute atomic E-state index is 0.0629. The van der Waals surface area contributed by atoms with E-state index < -0.39 is 0 Å². The smallest absolute Gasteiger partial charge is 0.100 e. The van der Waals surface area contributed by atoms with Gasteiger partial charge in [0, 0.05) is 35.4 Å². The summed E-state index contributed by atoms with van der Waals surface area (Å²) in [5, 5.41) is 1.94. The van der Waals surface area contributed by atoms with Gasteiger partial charge < -0.3 is 9.64 Å². The van der Waals surface area contributed by atoms with Crippen molar-refractivity contribution in [3.8, 4) is 0 Å². The maximum absolute atomic E-state index is 5.98. The van der Waals surface area contributed by atoms with E-state index in [0.29, 0.717) is 6.61 Å². The van der Waals surface area contributed by atoms with Crippen LogP contribution in [0.15, 0.2) is 60.8 Å².